The number of aliphatic carboxylic acids is 1. The summed E-state index contributed by atoms with van der Waals surface area (Å²) in [5.74, 6) is -2.05. The van der Waals surface area contributed by atoms with Crippen molar-refractivity contribution in [2.75, 3.05) is 20.2 Å². The number of ether oxygens (including phenoxy) is 1. The number of rotatable bonds is 10. The van der Waals surface area contributed by atoms with Crippen molar-refractivity contribution in [2.45, 2.75) is 31.2 Å². The number of amides is 3. The molecule has 9 nitrogen and oxygen atoms in total. The zero-order valence-corrected chi connectivity index (χ0v) is 18.3. The first kappa shape index (κ1) is 23.8. The van der Waals surface area contributed by atoms with Crippen LogP contribution in [-0.4, -0.2) is 55.2 Å². The van der Waals surface area contributed by atoms with Crippen LogP contribution in [-0.2, 0) is 19.1 Å². The van der Waals surface area contributed by atoms with Crippen LogP contribution >= 0.6 is 0 Å². The Morgan fingerprint density at radius 1 is 0.970 bits per heavy atom. The number of hydrogen-bond acceptors (Lipinski definition) is 5. The number of fused-ring (bicyclic) bond motifs is 3. The Labute approximate surface area is 191 Å². The average molecular weight is 453 g/mol. The van der Waals surface area contributed by atoms with Crippen molar-refractivity contribution in [1.29, 1.82) is 0 Å². The lowest BCUT2D eigenvalue weighted by Gasteiger charge is -2.19. The zero-order valence-electron chi connectivity index (χ0n) is 18.3. The molecule has 9 heteroatoms. The van der Waals surface area contributed by atoms with Gasteiger partial charge in [-0.25, -0.2) is 4.79 Å². The molecule has 0 heterocycles. The highest BCUT2D eigenvalue weighted by molar-refractivity contribution is 5.86. The fourth-order valence-electron chi connectivity index (χ4n) is 3.87. The maximum atomic E-state index is 12.5. The molecule has 0 radical (unpaired) electrons. The van der Waals surface area contributed by atoms with E-state index in [4.69, 9.17) is 9.84 Å². The Bertz CT molecular complexity index is 993. The summed E-state index contributed by atoms with van der Waals surface area (Å²) < 4.78 is 5.45. The van der Waals surface area contributed by atoms with Crippen LogP contribution in [0.25, 0.3) is 11.1 Å². The van der Waals surface area contributed by atoms with Gasteiger partial charge in [0.1, 0.15) is 12.6 Å². The van der Waals surface area contributed by atoms with Crippen molar-refractivity contribution in [1.82, 2.24) is 16.0 Å². The summed E-state index contributed by atoms with van der Waals surface area (Å²) in [6, 6.07) is 14.7. The Kier molecular flexibility index (Phi) is 8.01. The van der Waals surface area contributed by atoms with Gasteiger partial charge in [-0.15, -0.1) is 0 Å². The van der Waals surface area contributed by atoms with E-state index in [-0.39, 0.29) is 44.2 Å². The third-order valence-corrected chi connectivity index (χ3v) is 5.53. The Hall–Kier alpha value is -3.88. The van der Waals surface area contributed by atoms with E-state index in [0.29, 0.717) is 0 Å². The highest BCUT2D eigenvalue weighted by Crippen LogP contribution is 2.44. The maximum Gasteiger partial charge on any atom is 0.407 e. The number of carbonyl (C=O) groups excluding carboxylic acids is 3. The summed E-state index contributed by atoms with van der Waals surface area (Å²) >= 11 is 0. The van der Waals surface area contributed by atoms with Crippen molar-refractivity contribution < 1.29 is 29.0 Å². The fourth-order valence-corrected chi connectivity index (χ4v) is 3.87. The number of carbonyl (C=O) groups is 4. The number of nitrogens with one attached hydrogen (secondary N) is 3. The van der Waals surface area contributed by atoms with Gasteiger partial charge in [0.15, 0.2) is 0 Å². The second-order valence-electron chi connectivity index (χ2n) is 7.67. The monoisotopic (exact) mass is 453 g/mol. The number of alkyl carbamates (subject to hydrolysis) is 1. The molecule has 3 amide bonds. The molecule has 2 aromatic rings. The number of hydrogen-bond donors (Lipinski definition) is 4. The summed E-state index contributed by atoms with van der Waals surface area (Å²) in [7, 11) is 1.48. The van der Waals surface area contributed by atoms with Gasteiger partial charge in [0, 0.05) is 32.4 Å². The molecule has 4 N–H and O–H groups in total. The van der Waals surface area contributed by atoms with Gasteiger partial charge in [0.25, 0.3) is 0 Å². The molecule has 3 rings (SSSR count). The third kappa shape index (κ3) is 6.09. The summed E-state index contributed by atoms with van der Waals surface area (Å²) in [6.45, 7) is 0.137. The van der Waals surface area contributed by atoms with Crippen molar-refractivity contribution in [3.8, 4) is 11.1 Å². The van der Waals surface area contributed by atoms with Crippen LogP contribution in [0.2, 0.25) is 0 Å². The molecular formula is C24H27N3O6. The molecule has 174 valence electrons. The average Bonchev–Trinajstić information content (AvgIpc) is 3.13. The second-order valence-corrected chi connectivity index (χ2v) is 7.67. The van der Waals surface area contributed by atoms with E-state index < -0.39 is 24.0 Å². The van der Waals surface area contributed by atoms with Crippen molar-refractivity contribution in [3.63, 3.8) is 0 Å². The Balaban J connectivity index is 1.61. The highest BCUT2D eigenvalue weighted by atomic mass is 16.5. The zero-order chi connectivity index (χ0) is 23.8. The van der Waals surface area contributed by atoms with Crippen LogP contribution in [0.1, 0.15) is 36.3 Å². The summed E-state index contributed by atoms with van der Waals surface area (Å²) in [4.78, 5) is 47.2. The van der Waals surface area contributed by atoms with Crippen LogP contribution in [0.3, 0.4) is 0 Å². The predicted molar refractivity (Wildman–Crippen MR) is 121 cm³/mol. The Morgan fingerprint density at radius 3 is 2.15 bits per heavy atom. The van der Waals surface area contributed by atoms with Crippen molar-refractivity contribution in [2.24, 2.45) is 0 Å². The molecule has 0 saturated heterocycles. The molecule has 0 bridgehead atoms. The minimum atomic E-state index is -1.10. The molecule has 1 aliphatic rings. The number of carboxylic acids is 1. The first-order chi connectivity index (χ1) is 15.9. The first-order valence-electron chi connectivity index (χ1n) is 10.7. The lowest BCUT2D eigenvalue weighted by molar-refractivity contribution is -0.137. The van der Waals surface area contributed by atoms with Crippen molar-refractivity contribution in [3.05, 3.63) is 59.7 Å². The molecule has 0 aromatic heterocycles. The Morgan fingerprint density at radius 2 is 1.58 bits per heavy atom. The van der Waals surface area contributed by atoms with Gasteiger partial charge in [0.05, 0.1) is 0 Å². The van der Waals surface area contributed by atoms with Gasteiger partial charge >= 0.3 is 12.1 Å². The van der Waals surface area contributed by atoms with Gasteiger partial charge in [-0.3, -0.25) is 14.4 Å². The number of benzene rings is 2. The lowest BCUT2D eigenvalue weighted by Crippen LogP contribution is -2.47. The van der Waals surface area contributed by atoms with E-state index in [2.05, 4.69) is 16.0 Å². The molecule has 1 aliphatic carbocycles. The summed E-state index contributed by atoms with van der Waals surface area (Å²) in [6.07, 6.45) is -1.16. The molecule has 0 spiro atoms. The van der Waals surface area contributed by atoms with Gasteiger partial charge in [-0.05, 0) is 28.7 Å². The third-order valence-electron chi connectivity index (χ3n) is 5.53. The van der Waals surface area contributed by atoms with E-state index >= 15 is 0 Å². The topological polar surface area (TPSA) is 134 Å². The fraction of sp³-hybridized carbons (Fsp3) is 0.333. The molecule has 1 unspecified atom stereocenters. The summed E-state index contributed by atoms with van der Waals surface area (Å²) in [5, 5.41) is 16.4. The molecule has 2 aromatic carbocycles. The van der Waals surface area contributed by atoms with E-state index in [1.54, 1.807) is 0 Å². The van der Waals surface area contributed by atoms with E-state index in [1.807, 2.05) is 48.5 Å². The van der Waals surface area contributed by atoms with E-state index in [1.165, 1.54) is 7.05 Å². The quantitative estimate of drug-likeness (QED) is 0.435. The molecule has 0 fully saturated rings. The molecule has 0 saturated carbocycles. The van der Waals surface area contributed by atoms with Crippen molar-refractivity contribution >= 4 is 23.9 Å². The minimum Gasteiger partial charge on any atom is -0.481 e. The highest BCUT2D eigenvalue weighted by Gasteiger charge is 2.30. The first-order valence-corrected chi connectivity index (χ1v) is 10.7. The maximum absolute atomic E-state index is 12.5. The van der Waals surface area contributed by atoms with Gasteiger partial charge in [-0.2, -0.15) is 0 Å². The van der Waals surface area contributed by atoms with Crippen LogP contribution < -0.4 is 16.0 Å². The van der Waals surface area contributed by atoms with Gasteiger partial charge < -0.3 is 25.8 Å². The smallest absolute Gasteiger partial charge is 0.407 e. The number of carboxylic acid groups (broad SMARTS) is 1. The van der Waals surface area contributed by atoms with Crippen LogP contribution in [0.5, 0.6) is 0 Å². The molecule has 0 aliphatic heterocycles. The second kappa shape index (κ2) is 11.1. The lowest BCUT2D eigenvalue weighted by atomic mass is 9.98. The molecule has 33 heavy (non-hydrogen) atoms. The largest absolute Gasteiger partial charge is 0.481 e. The molecule has 1 atom stereocenters. The SMILES string of the molecule is CNC(=O)CCNC(=O)C(CCC(=O)O)NC(=O)OCC1c2ccccc2-c2ccccc21. The van der Waals surface area contributed by atoms with E-state index in [0.717, 1.165) is 22.3 Å². The van der Waals surface area contributed by atoms with Crippen LogP contribution in [0.15, 0.2) is 48.5 Å². The van der Waals surface area contributed by atoms with Gasteiger partial charge in [-0.1, -0.05) is 48.5 Å². The summed E-state index contributed by atoms with van der Waals surface area (Å²) in [5.41, 5.74) is 4.30. The van der Waals surface area contributed by atoms with Crippen LogP contribution in [0.4, 0.5) is 4.79 Å². The normalized spacial score (nSPS) is 12.8. The molecular weight excluding hydrogens is 426 g/mol. The van der Waals surface area contributed by atoms with Gasteiger partial charge in [0.2, 0.25) is 11.8 Å². The minimum absolute atomic E-state index is 0.0639. The van der Waals surface area contributed by atoms with Crippen LogP contribution in [0, 0.1) is 0 Å². The standard InChI is InChI=1S/C24H27N3O6/c1-25-21(28)12-13-26-23(31)20(10-11-22(29)30)27-24(32)33-14-19-17-8-4-2-6-15(17)16-7-3-5-9-18(16)19/h2-9,19-20H,10-14H2,1H3,(H,25,28)(H,26,31)(H,27,32)(H,29,30). The predicted octanol–water partition coefficient (Wildman–Crippen LogP) is 2.01. The van der Waals surface area contributed by atoms with E-state index in [9.17, 15) is 19.2 Å².